The highest BCUT2D eigenvalue weighted by atomic mass is 16.3. The molecule has 9 aromatic rings. The molecular formula is C46H31NO. The molecule has 0 bridgehead atoms. The number of nitrogens with zero attached hydrogens (tertiary/aromatic N) is 1. The van der Waals surface area contributed by atoms with Gasteiger partial charge in [-0.1, -0.05) is 133 Å². The van der Waals surface area contributed by atoms with Crippen LogP contribution >= 0.6 is 0 Å². The molecule has 0 aliphatic carbocycles. The topological polar surface area (TPSA) is 16.4 Å². The van der Waals surface area contributed by atoms with Crippen LogP contribution in [-0.2, 0) is 0 Å². The predicted octanol–water partition coefficient (Wildman–Crippen LogP) is 13.2. The lowest BCUT2D eigenvalue weighted by atomic mass is 9.96. The minimum absolute atomic E-state index is 0.894. The molecule has 1 heterocycles. The number of furan rings is 1. The second kappa shape index (κ2) is 11.8. The SMILES string of the molecule is c1ccc(N(c2ccc(-c3cccc(-c4ccc5ccccc5c4)c3)cc2)c2ccccc2-c2cccc3oc4ccccc4c23)cc1. The van der Waals surface area contributed by atoms with Gasteiger partial charge in [0.1, 0.15) is 11.2 Å². The molecule has 0 saturated carbocycles. The van der Waals surface area contributed by atoms with E-state index in [2.05, 4.69) is 181 Å². The first-order valence-electron chi connectivity index (χ1n) is 16.3. The smallest absolute Gasteiger partial charge is 0.136 e. The second-order valence-electron chi connectivity index (χ2n) is 12.2. The highest BCUT2D eigenvalue weighted by molar-refractivity contribution is 6.13. The predicted molar refractivity (Wildman–Crippen MR) is 202 cm³/mol. The fourth-order valence-corrected chi connectivity index (χ4v) is 6.95. The molecule has 226 valence electrons. The van der Waals surface area contributed by atoms with Gasteiger partial charge in [-0.05, 0) is 93.2 Å². The molecule has 0 amide bonds. The van der Waals surface area contributed by atoms with Gasteiger partial charge in [-0.15, -0.1) is 0 Å². The van der Waals surface area contributed by atoms with Gasteiger partial charge in [0.15, 0.2) is 0 Å². The fraction of sp³-hybridized carbons (Fsp3) is 0. The van der Waals surface area contributed by atoms with Gasteiger partial charge >= 0.3 is 0 Å². The zero-order valence-corrected chi connectivity index (χ0v) is 26.3. The molecule has 2 nitrogen and oxygen atoms in total. The van der Waals surface area contributed by atoms with E-state index in [1.54, 1.807) is 0 Å². The molecule has 0 aliphatic heterocycles. The van der Waals surface area contributed by atoms with Crippen molar-refractivity contribution in [2.45, 2.75) is 0 Å². The van der Waals surface area contributed by atoms with Gasteiger partial charge in [0, 0.05) is 27.7 Å². The summed E-state index contributed by atoms with van der Waals surface area (Å²) in [5.41, 5.74) is 12.2. The van der Waals surface area contributed by atoms with Crippen molar-refractivity contribution in [3.05, 3.63) is 188 Å². The molecule has 1 aromatic heterocycles. The van der Waals surface area contributed by atoms with Gasteiger partial charge in [-0.25, -0.2) is 0 Å². The summed E-state index contributed by atoms with van der Waals surface area (Å²) >= 11 is 0. The Hall–Kier alpha value is -6.38. The van der Waals surface area contributed by atoms with E-state index in [4.69, 9.17) is 4.42 Å². The van der Waals surface area contributed by atoms with E-state index in [0.29, 0.717) is 0 Å². The van der Waals surface area contributed by atoms with Gasteiger partial charge in [-0.3, -0.25) is 0 Å². The highest BCUT2D eigenvalue weighted by Gasteiger charge is 2.20. The summed E-state index contributed by atoms with van der Waals surface area (Å²) in [6, 6.07) is 66.9. The maximum Gasteiger partial charge on any atom is 0.136 e. The van der Waals surface area contributed by atoms with Crippen molar-refractivity contribution in [3.63, 3.8) is 0 Å². The summed E-state index contributed by atoms with van der Waals surface area (Å²) in [5, 5.41) is 4.77. The van der Waals surface area contributed by atoms with Crippen LogP contribution in [-0.4, -0.2) is 0 Å². The van der Waals surface area contributed by atoms with Crippen LogP contribution in [0.4, 0.5) is 17.1 Å². The maximum atomic E-state index is 6.28. The number of anilines is 3. The molecule has 0 atom stereocenters. The lowest BCUT2D eigenvalue weighted by molar-refractivity contribution is 0.669. The summed E-state index contributed by atoms with van der Waals surface area (Å²) in [4.78, 5) is 2.35. The fourth-order valence-electron chi connectivity index (χ4n) is 6.95. The minimum atomic E-state index is 0.894. The second-order valence-corrected chi connectivity index (χ2v) is 12.2. The Morgan fingerprint density at radius 2 is 0.958 bits per heavy atom. The van der Waals surface area contributed by atoms with Gasteiger partial charge in [0.2, 0.25) is 0 Å². The van der Waals surface area contributed by atoms with E-state index in [-0.39, 0.29) is 0 Å². The average Bonchev–Trinajstić information content (AvgIpc) is 3.55. The molecule has 0 aliphatic rings. The molecule has 9 rings (SSSR count). The van der Waals surface area contributed by atoms with Crippen LogP contribution in [0.1, 0.15) is 0 Å². The number of benzene rings is 8. The molecule has 48 heavy (non-hydrogen) atoms. The first-order chi connectivity index (χ1) is 23.8. The summed E-state index contributed by atoms with van der Waals surface area (Å²) in [6.07, 6.45) is 0. The molecule has 2 heteroatoms. The molecule has 0 fully saturated rings. The van der Waals surface area contributed by atoms with Crippen molar-refractivity contribution in [2.24, 2.45) is 0 Å². The molecule has 0 N–H and O–H groups in total. The third-order valence-electron chi connectivity index (χ3n) is 9.26. The summed E-state index contributed by atoms with van der Waals surface area (Å²) in [5.74, 6) is 0. The molecule has 0 spiro atoms. The van der Waals surface area contributed by atoms with Crippen LogP contribution in [0.3, 0.4) is 0 Å². The van der Waals surface area contributed by atoms with Crippen LogP contribution < -0.4 is 4.90 Å². The number of para-hydroxylation sites is 3. The monoisotopic (exact) mass is 613 g/mol. The van der Waals surface area contributed by atoms with E-state index in [0.717, 1.165) is 50.1 Å². The van der Waals surface area contributed by atoms with Crippen LogP contribution in [0.25, 0.3) is 66.1 Å². The largest absolute Gasteiger partial charge is 0.456 e. The van der Waals surface area contributed by atoms with E-state index in [9.17, 15) is 0 Å². The van der Waals surface area contributed by atoms with Gasteiger partial charge in [0.25, 0.3) is 0 Å². The molecular weight excluding hydrogens is 583 g/mol. The molecule has 8 aromatic carbocycles. The first-order valence-corrected chi connectivity index (χ1v) is 16.3. The standard InChI is InChI=1S/C46H31NO/c1-2-16-38(17-3-1)47(43-21-8-6-18-40(43)41-20-11-23-45-46(41)42-19-7-9-22-44(42)48-45)39-28-26-33(27-29-39)35-14-10-15-36(30-35)37-25-24-32-12-4-5-13-34(32)31-37/h1-31H. The van der Waals surface area contributed by atoms with Crippen LogP contribution in [0.2, 0.25) is 0 Å². The number of hydrogen-bond donors (Lipinski definition) is 0. The summed E-state index contributed by atoms with van der Waals surface area (Å²) in [6.45, 7) is 0. The molecule has 0 saturated heterocycles. The van der Waals surface area contributed by atoms with Crippen molar-refractivity contribution in [1.29, 1.82) is 0 Å². The third kappa shape index (κ3) is 4.92. The Kier molecular flexibility index (Phi) is 6.84. The van der Waals surface area contributed by atoms with Crippen molar-refractivity contribution < 1.29 is 4.42 Å². The van der Waals surface area contributed by atoms with E-state index >= 15 is 0 Å². The summed E-state index contributed by atoms with van der Waals surface area (Å²) in [7, 11) is 0. The van der Waals surface area contributed by atoms with E-state index in [1.807, 2.05) is 12.1 Å². The zero-order chi connectivity index (χ0) is 31.9. The van der Waals surface area contributed by atoms with E-state index < -0.39 is 0 Å². The van der Waals surface area contributed by atoms with Crippen molar-refractivity contribution in [3.8, 4) is 33.4 Å². The lowest BCUT2D eigenvalue weighted by Gasteiger charge is -2.28. The number of hydrogen-bond acceptors (Lipinski definition) is 2. The van der Waals surface area contributed by atoms with E-state index in [1.165, 1.54) is 33.0 Å². The Bertz CT molecular complexity index is 2560. The van der Waals surface area contributed by atoms with Gasteiger partial charge in [-0.2, -0.15) is 0 Å². The number of rotatable bonds is 6. The zero-order valence-electron chi connectivity index (χ0n) is 26.3. The van der Waals surface area contributed by atoms with Crippen LogP contribution in [0.15, 0.2) is 192 Å². The average molecular weight is 614 g/mol. The third-order valence-corrected chi connectivity index (χ3v) is 9.26. The Morgan fingerprint density at radius 1 is 0.354 bits per heavy atom. The summed E-state index contributed by atoms with van der Waals surface area (Å²) < 4.78 is 6.28. The number of fused-ring (bicyclic) bond motifs is 4. The Morgan fingerprint density at radius 3 is 1.83 bits per heavy atom. The minimum Gasteiger partial charge on any atom is -0.456 e. The van der Waals surface area contributed by atoms with Crippen molar-refractivity contribution in [1.82, 2.24) is 0 Å². The van der Waals surface area contributed by atoms with Crippen LogP contribution in [0.5, 0.6) is 0 Å². The highest BCUT2D eigenvalue weighted by Crippen LogP contribution is 2.44. The van der Waals surface area contributed by atoms with Gasteiger partial charge < -0.3 is 9.32 Å². The normalized spacial score (nSPS) is 11.3. The van der Waals surface area contributed by atoms with Crippen molar-refractivity contribution >= 4 is 49.8 Å². The maximum absolute atomic E-state index is 6.28. The van der Waals surface area contributed by atoms with Gasteiger partial charge in [0.05, 0.1) is 5.69 Å². The molecule has 0 unspecified atom stereocenters. The van der Waals surface area contributed by atoms with Crippen molar-refractivity contribution in [2.75, 3.05) is 4.90 Å². The quantitative estimate of drug-likeness (QED) is 0.185. The van der Waals surface area contributed by atoms with Crippen LogP contribution in [0, 0.1) is 0 Å². The first kappa shape index (κ1) is 27.9. The lowest BCUT2D eigenvalue weighted by Crippen LogP contribution is -2.11. The molecule has 0 radical (unpaired) electrons. The Labute approximate surface area is 279 Å². The Balaban J connectivity index is 1.14.